The maximum atomic E-state index is 10.1. The second-order valence-corrected chi connectivity index (χ2v) is 3.44. The predicted molar refractivity (Wildman–Crippen MR) is 40.5 cm³/mol. The van der Waals surface area contributed by atoms with E-state index in [1.807, 2.05) is 6.92 Å². The van der Waals surface area contributed by atoms with Crippen LogP contribution in [0.15, 0.2) is 0 Å². The van der Waals surface area contributed by atoms with E-state index in [0.717, 1.165) is 0 Å². The summed E-state index contributed by atoms with van der Waals surface area (Å²) >= 11 is 0. The van der Waals surface area contributed by atoms with E-state index in [1.165, 1.54) is 0 Å². The van der Waals surface area contributed by atoms with Gasteiger partial charge in [0, 0.05) is 5.92 Å². The molecule has 0 amide bonds. The molecular weight excluding hydrogens is 178 g/mol. The van der Waals surface area contributed by atoms with Gasteiger partial charge in [-0.05, 0) is 0 Å². The van der Waals surface area contributed by atoms with Crippen molar-refractivity contribution in [2.45, 2.75) is 25.2 Å². The summed E-state index contributed by atoms with van der Waals surface area (Å²) in [4.78, 5) is 14.5. The molecule has 0 N–H and O–H groups in total. The smallest absolute Gasteiger partial charge is 0.294 e. The van der Waals surface area contributed by atoms with Crippen molar-refractivity contribution in [2.24, 2.45) is 5.92 Å². The predicted octanol–water partition coefficient (Wildman–Crippen LogP) is -0.00300. The van der Waals surface area contributed by atoms with Crippen molar-refractivity contribution in [3.63, 3.8) is 0 Å². The monoisotopic (exact) mass is 189 g/mol. The van der Waals surface area contributed by atoms with Crippen LogP contribution in [0.4, 0.5) is 0 Å². The molecule has 0 aromatic heterocycles. The zero-order valence-electron chi connectivity index (χ0n) is 7.21. The molecule has 0 saturated carbocycles. The lowest BCUT2D eigenvalue weighted by Gasteiger charge is -2.13. The molecule has 6 heteroatoms. The van der Waals surface area contributed by atoms with Gasteiger partial charge < -0.3 is 14.3 Å². The largest absolute Gasteiger partial charge is 0.373 e. The molecule has 0 aliphatic carbocycles. The van der Waals surface area contributed by atoms with Crippen molar-refractivity contribution in [2.75, 3.05) is 13.2 Å². The Labute approximate surface area is 74.9 Å². The summed E-state index contributed by atoms with van der Waals surface area (Å²) in [6, 6.07) is 0. The number of ether oxygens (including phenoxy) is 2. The average Bonchev–Trinajstić information content (AvgIpc) is 2.56. The first-order chi connectivity index (χ1) is 6.18. The van der Waals surface area contributed by atoms with E-state index >= 15 is 0 Å². The van der Waals surface area contributed by atoms with Gasteiger partial charge in [0.25, 0.3) is 5.09 Å². The second-order valence-electron chi connectivity index (χ2n) is 3.44. The third kappa shape index (κ3) is 1.47. The van der Waals surface area contributed by atoms with Gasteiger partial charge in [0.2, 0.25) is 0 Å². The van der Waals surface area contributed by atoms with Gasteiger partial charge in [-0.15, -0.1) is 10.1 Å². The first-order valence-corrected chi connectivity index (χ1v) is 4.23. The van der Waals surface area contributed by atoms with E-state index in [1.54, 1.807) is 0 Å². The molecule has 0 radical (unpaired) electrons. The molecule has 4 atom stereocenters. The molecule has 2 unspecified atom stereocenters. The summed E-state index contributed by atoms with van der Waals surface area (Å²) < 4.78 is 10.7. The maximum absolute atomic E-state index is 10.1. The van der Waals surface area contributed by atoms with Crippen molar-refractivity contribution < 1.29 is 19.4 Å². The summed E-state index contributed by atoms with van der Waals surface area (Å²) in [5.41, 5.74) is 0. The molecule has 2 aliphatic heterocycles. The normalized spacial score (nSPS) is 43.2. The van der Waals surface area contributed by atoms with Crippen LogP contribution in [0.25, 0.3) is 0 Å². The van der Waals surface area contributed by atoms with Crippen molar-refractivity contribution in [1.29, 1.82) is 0 Å². The van der Waals surface area contributed by atoms with Gasteiger partial charge >= 0.3 is 0 Å². The van der Waals surface area contributed by atoms with Gasteiger partial charge in [-0.3, -0.25) is 0 Å². The van der Waals surface area contributed by atoms with Crippen LogP contribution < -0.4 is 0 Å². The van der Waals surface area contributed by atoms with Gasteiger partial charge in [-0.1, -0.05) is 6.92 Å². The molecule has 2 rings (SSSR count). The molecule has 6 nitrogen and oxygen atoms in total. The highest BCUT2D eigenvalue weighted by Gasteiger charge is 2.47. The first kappa shape index (κ1) is 8.71. The van der Waals surface area contributed by atoms with Crippen LogP contribution in [-0.2, 0) is 14.3 Å². The highest BCUT2D eigenvalue weighted by Crippen LogP contribution is 2.32. The number of hydrogen-bond donors (Lipinski definition) is 0. The third-order valence-corrected chi connectivity index (χ3v) is 2.48. The van der Waals surface area contributed by atoms with E-state index in [-0.39, 0.29) is 18.8 Å². The fraction of sp³-hybridized carbons (Fsp3) is 1.00. The van der Waals surface area contributed by atoms with E-state index in [0.29, 0.717) is 12.5 Å². The molecule has 0 aromatic rings. The van der Waals surface area contributed by atoms with Crippen LogP contribution in [0.2, 0.25) is 0 Å². The van der Waals surface area contributed by atoms with Crippen LogP contribution in [0.3, 0.4) is 0 Å². The van der Waals surface area contributed by atoms with Crippen LogP contribution in [0.1, 0.15) is 6.92 Å². The van der Waals surface area contributed by atoms with Gasteiger partial charge in [0.15, 0.2) is 6.10 Å². The SMILES string of the molecule is CC1CO[C@@H]2C(O[N+](=O)[O-])CO[C@H]12. The quantitative estimate of drug-likeness (QED) is 0.451. The molecule has 2 fully saturated rings. The molecule has 2 aliphatic rings. The highest BCUT2D eigenvalue weighted by molar-refractivity contribution is 4.92. The average molecular weight is 189 g/mol. The van der Waals surface area contributed by atoms with E-state index in [4.69, 9.17) is 9.47 Å². The lowest BCUT2D eigenvalue weighted by Crippen LogP contribution is -2.32. The van der Waals surface area contributed by atoms with Gasteiger partial charge in [0.05, 0.1) is 19.3 Å². The Hall–Kier alpha value is -0.880. The minimum Gasteiger partial charge on any atom is -0.373 e. The Morgan fingerprint density at radius 3 is 2.77 bits per heavy atom. The number of hydrogen-bond acceptors (Lipinski definition) is 5. The summed E-state index contributed by atoms with van der Waals surface area (Å²) in [5, 5.41) is 9.31. The Bertz CT molecular complexity index is 221. The van der Waals surface area contributed by atoms with Crippen molar-refractivity contribution in [3.05, 3.63) is 10.1 Å². The van der Waals surface area contributed by atoms with Gasteiger partial charge in [-0.2, -0.15) is 0 Å². The number of fused-ring (bicyclic) bond motifs is 1. The third-order valence-electron chi connectivity index (χ3n) is 2.48. The van der Waals surface area contributed by atoms with Gasteiger partial charge in [-0.25, -0.2) is 0 Å². The fourth-order valence-electron chi connectivity index (χ4n) is 1.86. The van der Waals surface area contributed by atoms with Crippen LogP contribution in [0.5, 0.6) is 0 Å². The number of rotatable bonds is 2. The fourth-order valence-corrected chi connectivity index (χ4v) is 1.86. The zero-order chi connectivity index (χ0) is 9.42. The van der Waals surface area contributed by atoms with Crippen molar-refractivity contribution >= 4 is 0 Å². The maximum Gasteiger partial charge on any atom is 0.294 e. The summed E-state index contributed by atoms with van der Waals surface area (Å²) in [7, 11) is 0. The Morgan fingerprint density at radius 1 is 1.38 bits per heavy atom. The molecule has 0 bridgehead atoms. The van der Waals surface area contributed by atoms with Gasteiger partial charge in [0.1, 0.15) is 6.10 Å². The number of nitrogens with zero attached hydrogens (tertiary/aromatic N) is 1. The lowest BCUT2D eigenvalue weighted by atomic mass is 10.0. The topological polar surface area (TPSA) is 70.8 Å². The molecular formula is C7H11NO5. The lowest BCUT2D eigenvalue weighted by molar-refractivity contribution is -0.769. The molecule has 13 heavy (non-hydrogen) atoms. The van der Waals surface area contributed by atoms with Crippen molar-refractivity contribution in [1.82, 2.24) is 0 Å². The Morgan fingerprint density at radius 2 is 2.08 bits per heavy atom. The Balaban J connectivity index is 1.98. The van der Waals surface area contributed by atoms with Crippen LogP contribution in [-0.4, -0.2) is 36.6 Å². The van der Waals surface area contributed by atoms with Crippen LogP contribution >= 0.6 is 0 Å². The van der Waals surface area contributed by atoms with E-state index in [9.17, 15) is 10.1 Å². The summed E-state index contributed by atoms with van der Waals surface area (Å²) in [6.07, 6.45) is -0.852. The molecule has 2 heterocycles. The summed E-state index contributed by atoms with van der Waals surface area (Å²) in [5.74, 6) is 0.297. The van der Waals surface area contributed by atoms with Crippen LogP contribution in [0, 0.1) is 16.0 Å². The van der Waals surface area contributed by atoms with Crippen molar-refractivity contribution in [3.8, 4) is 0 Å². The van der Waals surface area contributed by atoms with E-state index in [2.05, 4.69) is 4.84 Å². The first-order valence-electron chi connectivity index (χ1n) is 4.23. The van der Waals surface area contributed by atoms with E-state index < -0.39 is 11.2 Å². The second kappa shape index (κ2) is 3.12. The minimum atomic E-state index is -0.789. The minimum absolute atomic E-state index is 0.0371. The molecule has 0 spiro atoms. The Kier molecular flexibility index (Phi) is 2.09. The molecule has 2 saturated heterocycles. The molecule has 0 aromatic carbocycles. The highest BCUT2D eigenvalue weighted by atomic mass is 17.0. The summed E-state index contributed by atoms with van der Waals surface area (Å²) in [6.45, 7) is 2.84. The standard InChI is InChI=1S/C7H11NO5/c1-4-2-11-7-5(13-8(9)10)3-12-6(4)7/h4-7H,2-3H2,1H3/t4?,5?,6-,7-/m1/s1. The zero-order valence-corrected chi connectivity index (χ0v) is 7.21. The molecule has 74 valence electrons.